The molecule has 1 fully saturated rings. The van der Waals surface area contributed by atoms with Gasteiger partial charge in [0.2, 0.25) is 5.91 Å². The molecule has 7 heteroatoms. The fourth-order valence-electron chi connectivity index (χ4n) is 3.10. The first-order valence-corrected chi connectivity index (χ1v) is 8.55. The predicted molar refractivity (Wildman–Crippen MR) is 97.8 cm³/mol. The zero-order valence-electron chi connectivity index (χ0n) is 14.4. The van der Waals surface area contributed by atoms with Crippen LogP contribution in [0.25, 0.3) is 0 Å². The fourth-order valence-corrected chi connectivity index (χ4v) is 3.10. The summed E-state index contributed by atoms with van der Waals surface area (Å²) >= 11 is 0. The van der Waals surface area contributed by atoms with Crippen LogP contribution in [0.1, 0.15) is 10.4 Å². The molecule has 4 N–H and O–H groups in total. The molecule has 1 saturated heterocycles. The summed E-state index contributed by atoms with van der Waals surface area (Å²) in [5.41, 5.74) is 6.84. The van der Waals surface area contributed by atoms with E-state index in [9.17, 15) is 14.0 Å². The van der Waals surface area contributed by atoms with Crippen molar-refractivity contribution in [2.75, 3.05) is 42.9 Å². The first kappa shape index (κ1) is 17.9. The third-order valence-corrected chi connectivity index (χ3v) is 4.53. The van der Waals surface area contributed by atoms with Gasteiger partial charge in [0.25, 0.3) is 5.91 Å². The van der Waals surface area contributed by atoms with Crippen LogP contribution in [-0.4, -0.2) is 44.5 Å². The number of benzene rings is 2. The van der Waals surface area contributed by atoms with E-state index in [1.54, 1.807) is 36.4 Å². The Labute approximate surface area is 151 Å². The smallest absolute Gasteiger partial charge is 0.279 e. The zero-order chi connectivity index (χ0) is 18.5. The highest BCUT2D eigenvalue weighted by atomic mass is 19.1. The van der Waals surface area contributed by atoms with E-state index in [2.05, 4.69) is 5.32 Å². The van der Waals surface area contributed by atoms with Crippen LogP contribution in [0.4, 0.5) is 15.8 Å². The third-order valence-electron chi connectivity index (χ3n) is 4.53. The molecule has 0 spiro atoms. The van der Waals surface area contributed by atoms with Gasteiger partial charge in [0.1, 0.15) is 5.82 Å². The van der Waals surface area contributed by atoms with Gasteiger partial charge in [-0.3, -0.25) is 9.59 Å². The average Bonchev–Trinajstić information content (AvgIpc) is 2.63. The lowest BCUT2D eigenvalue weighted by Gasteiger charge is -2.33. The number of quaternary nitrogens is 1. The van der Waals surface area contributed by atoms with Crippen molar-refractivity contribution in [2.45, 2.75) is 0 Å². The summed E-state index contributed by atoms with van der Waals surface area (Å²) in [6, 6.07) is 13.2. The van der Waals surface area contributed by atoms with E-state index in [4.69, 9.17) is 5.73 Å². The SMILES string of the molecule is NC(=O)c1ccc(NC(=O)C[NH+]2CCN(c3ccccc3F)CC2)cc1. The number of rotatable bonds is 5. The Morgan fingerprint density at radius 1 is 1.08 bits per heavy atom. The number of para-hydroxylation sites is 1. The van der Waals surface area contributed by atoms with Crippen LogP contribution in [0.3, 0.4) is 0 Å². The normalized spacial score (nSPS) is 14.9. The van der Waals surface area contributed by atoms with E-state index in [1.807, 2.05) is 11.0 Å². The molecular weight excluding hydrogens is 335 g/mol. The second kappa shape index (κ2) is 7.97. The van der Waals surface area contributed by atoms with Gasteiger partial charge in [0.15, 0.2) is 6.54 Å². The molecule has 1 heterocycles. The molecule has 2 aromatic carbocycles. The van der Waals surface area contributed by atoms with Crippen LogP contribution in [-0.2, 0) is 4.79 Å². The third kappa shape index (κ3) is 4.37. The number of amides is 2. The lowest BCUT2D eigenvalue weighted by Crippen LogP contribution is -3.15. The maximum Gasteiger partial charge on any atom is 0.279 e. The zero-order valence-corrected chi connectivity index (χ0v) is 14.4. The topological polar surface area (TPSA) is 79.9 Å². The van der Waals surface area contributed by atoms with Gasteiger partial charge in [-0.05, 0) is 36.4 Å². The number of nitrogens with zero attached hydrogens (tertiary/aromatic N) is 1. The van der Waals surface area contributed by atoms with Gasteiger partial charge in [-0.2, -0.15) is 0 Å². The van der Waals surface area contributed by atoms with E-state index >= 15 is 0 Å². The van der Waals surface area contributed by atoms with Crippen molar-refractivity contribution in [3.8, 4) is 0 Å². The monoisotopic (exact) mass is 357 g/mol. The summed E-state index contributed by atoms with van der Waals surface area (Å²) in [6.07, 6.45) is 0. The molecule has 0 radical (unpaired) electrons. The van der Waals surface area contributed by atoms with Gasteiger partial charge in [-0.25, -0.2) is 4.39 Å². The Morgan fingerprint density at radius 2 is 1.73 bits per heavy atom. The Bertz CT molecular complexity index is 786. The second-order valence-electron chi connectivity index (χ2n) is 6.36. The summed E-state index contributed by atoms with van der Waals surface area (Å²) in [4.78, 5) is 26.4. The molecule has 0 aromatic heterocycles. The largest absolute Gasteiger partial charge is 0.366 e. The number of carbonyl (C=O) groups excluding carboxylic acids is 2. The molecule has 0 bridgehead atoms. The molecule has 1 aliphatic rings. The van der Waals surface area contributed by atoms with Crippen LogP contribution < -0.4 is 20.9 Å². The highest BCUT2D eigenvalue weighted by Gasteiger charge is 2.23. The summed E-state index contributed by atoms with van der Waals surface area (Å²) in [7, 11) is 0. The summed E-state index contributed by atoms with van der Waals surface area (Å²) in [5, 5.41) is 2.82. The van der Waals surface area contributed by atoms with Gasteiger partial charge in [0.05, 0.1) is 31.9 Å². The minimum atomic E-state index is -0.500. The van der Waals surface area contributed by atoms with Crippen molar-refractivity contribution in [3.63, 3.8) is 0 Å². The first-order valence-electron chi connectivity index (χ1n) is 8.55. The molecule has 2 amide bonds. The van der Waals surface area contributed by atoms with Crippen molar-refractivity contribution in [1.29, 1.82) is 0 Å². The molecule has 3 rings (SSSR count). The van der Waals surface area contributed by atoms with Crippen LogP contribution in [0.5, 0.6) is 0 Å². The highest BCUT2D eigenvalue weighted by Crippen LogP contribution is 2.18. The molecule has 0 atom stereocenters. The van der Waals surface area contributed by atoms with Gasteiger partial charge >= 0.3 is 0 Å². The first-order chi connectivity index (χ1) is 12.5. The number of carbonyl (C=O) groups is 2. The lowest BCUT2D eigenvalue weighted by molar-refractivity contribution is -0.892. The minimum absolute atomic E-state index is 0.0915. The van der Waals surface area contributed by atoms with Crippen molar-refractivity contribution in [3.05, 3.63) is 59.9 Å². The minimum Gasteiger partial charge on any atom is -0.366 e. The summed E-state index contributed by atoms with van der Waals surface area (Å²) in [6.45, 7) is 3.29. The van der Waals surface area contributed by atoms with E-state index in [0.717, 1.165) is 18.0 Å². The molecule has 0 saturated carbocycles. The van der Waals surface area contributed by atoms with Gasteiger partial charge in [-0.1, -0.05) is 12.1 Å². The highest BCUT2D eigenvalue weighted by molar-refractivity contribution is 5.95. The number of anilines is 2. The Hall–Kier alpha value is -2.93. The molecule has 0 unspecified atom stereocenters. The Kier molecular flexibility index (Phi) is 5.48. The van der Waals surface area contributed by atoms with Crippen molar-refractivity contribution in [2.24, 2.45) is 5.73 Å². The van der Waals surface area contributed by atoms with E-state index in [1.165, 1.54) is 6.07 Å². The van der Waals surface area contributed by atoms with Crippen molar-refractivity contribution < 1.29 is 18.9 Å². The standard InChI is InChI=1S/C19H21FN4O2/c20-16-3-1-2-4-17(16)24-11-9-23(10-12-24)13-18(25)22-15-7-5-14(6-8-15)19(21)26/h1-8H,9-13H2,(H2,21,26)(H,22,25)/p+1. The summed E-state index contributed by atoms with van der Waals surface area (Å²) < 4.78 is 13.9. The van der Waals surface area contributed by atoms with E-state index < -0.39 is 5.91 Å². The molecular formula is C19H22FN4O2+. The van der Waals surface area contributed by atoms with Crippen LogP contribution in [0.2, 0.25) is 0 Å². The number of primary amides is 1. The van der Waals surface area contributed by atoms with Crippen LogP contribution in [0.15, 0.2) is 48.5 Å². The molecule has 2 aromatic rings. The number of hydrogen-bond acceptors (Lipinski definition) is 3. The second-order valence-corrected chi connectivity index (χ2v) is 6.36. The lowest BCUT2D eigenvalue weighted by atomic mass is 10.2. The molecule has 136 valence electrons. The number of nitrogens with one attached hydrogen (secondary N) is 2. The number of hydrogen-bond donors (Lipinski definition) is 3. The van der Waals surface area contributed by atoms with Gasteiger partial charge < -0.3 is 20.9 Å². The maximum absolute atomic E-state index is 13.9. The molecule has 1 aliphatic heterocycles. The van der Waals surface area contributed by atoms with Gasteiger partial charge in [0, 0.05) is 11.3 Å². The van der Waals surface area contributed by atoms with Gasteiger partial charge in [-0.15, -0.1) is 0 Å². The van der Waals surface area contributed by atoms with Crippen LogP contribution in [0, 0.1) is 5.82 Å². The van der Waals surface area contributed by atoms with E-state index in [-0.39, 0.29) is 11.7 Å². The number of piperazine rings is 1. The van der Waals surface area contributed by atoms with Crippen molar-refractivity contribution in [1.82, 2.24) is 0 Å². The summed E-state index contributed by atoms with van der Waals surface area (Å²) in [5.74, 6) is -0.806. The van der Waals surface area contributed by atoms with E-state index in [0.29, 0.717) is 36.6 Å². The number of halogens is 1. The predicted octanol–water partition coefficient (Wildman–Crippen LogP) is 0.268. The quantitative estimate of drug-likeness (QED) is 0.719. The Balaban J connectivity index is 1.49. The average molecular weight is 357 g/mol. The molecule has 6 nitrogen and oxygen atoms in total. The molecule has 26 heavy (non-hydrogen) atoms. The number of nitrogens with two attached hydrogens (primary N) is 1. The van der Waals surface area contributed by atoms with Crippen molar-refractivity contribution >= 4 is 23.2 Å². The fraction of sp³-hybridized carbons (Fsp3) is 0.263. The Morgan fingerprint density at radius 3 is 2.35 bits per heavy atom. The maximum atomic E-state index is 13.9. The molecule has 0 aliphatic carbocycles. The van der Waals surface area contributed by atoms with Crippen LogP contribution >= 0.6 is 0 Å².